The number of nitrogens with zero attached hydrogens (tertiary/aromatic N) is 2. The Kier molecular flexibility index (Phi) is 6.28. The van der Waals surface area contributed by atoms with E-state index in [0.29, 0.717) is 0 Å². The second-order valence-electron chi connectivity index (χ2n) is 13.8. The van der Waals surface area contributed by atoms with Crippen molar-refractivity contribution in [3.63, 3.8) is 0 Å². The molecule has 2 nitrogen and oxygen atoms in total. The van der Waals surface area contributed by atoms with Crippen LogP contribution in [0.3, 0.4) is 0 Å². The lowest BCUT2D eigenvalue weighted by Gasteiger charge is -2.12. The predicted molar refractivity (Wildman–Crippen MR) is 221 cm³/mol. The number of hydrogen-bond donors (Lipinski definition) is 0. The second-order valence-corrected chi connectivity index (χ2v) is 13.8. The first-order valence-electron chi connectivity index (χ1n) is 17.9. The van der Waals surface area contributed by atoms with Crippen LogP contribution in [-0.2, 0) is 0 Å². The summed E-state index contributed by atoms with van der Waals surface area (Å²) >= 11 is 0. The highest BCUT2D eigenvalue weighted by Crippen LogP contribution is 2.39. The maximum atomic E-state index is 2.44. The van der Waals surface area contributed by atoms with Gasteiger partial charge in [0.05, 0.1) is 22.1 Å². The Morgan fingerprint density at radius 1 is 0.231 bits per heavy atom. The molecule has 0 radical (unpaired) electrons. The number of fused-ring (bicyclic) bond motifs is 9. The van der Waals surface area contributed by atoms with Gasteiger partial charge >= 0.3 is 0 Å². The SMILES string of the molecule is c1ccc(-n2c3ccccc3c3cc(-c4ccc5c6ccccc6n(-c6cccc(-c7ccc8c(ccc9ccccc98)c7)c6)c5c4)ccc32)cc1. The first-order valence-corrected chi connectivity index (χ1v) is 17.9. The van der Waals surface area contributed by atoms with Crippen LogP contribution in [0.4, 0.5) is 0 Å². The minimum atomic E-state index is 1.15. The number of aromatic nitrogens is 2. The fraction of sp³-hybridized carbons (Fsp3) is 0. The molecule has 0 N–H and O–H groups in total. The molecule has 0 saturated heterocycles. The monoisotopic (exact) mass is 660 g/mol. The topological polar surface area (TPSA) is 9.86 Å². The maximum absolute atomic E-state index is 2.44. The van der Waals surface area contributed by atoms with Gasteiger partial charge < -0.3 is 9.13 Å². The van der Waals surface area contributed by atoms with Gasteiger partial charge in [0.25, 0.3) is 0 Å². The Labute approximate surface area is 301 Å². The predicted octanol–water partition coefficient (Wildman–Crippen LogP) is 13.5. The zero-order valence-corrected chi connectivity index (χ0v) is 28.4. The zero-order valence-electron chi connectivity index (χ0n) is 28.4. The average Bonchev–Trinajstić information content (AvgIpc) is 3.73. The molecule has 2 heteroatoms. The Balaban J connectivity index is 1.07. The van der Waals surface area contributed by atoms with E-state index in [-0.39, 0.29) is 0 Å². The van der Waals surface area contributed by atoms with Crippen LogP contribution in [0, 0.1) is 0 Å². The van der Waals surface area contributed by atoms with Crippen LogP contribution in [0.1, 0.15) is 0 Å². The largest absolute Gasteiger partial charge is 0.309 e. The molecule has 0 unspecified atom stereocenters. The Hall–Kier alpha value is -6.90. The van der Waals surface area contributed by atoms with Gasteiger partial charge in [-0.2, -0.15) is 0 Å². The normalized spacial score (nSPS) is 11.8. The Morgan fingerprint density at radius 3 is 1.58 bits per heavy atom. The molecule has 9 aromatic carbocycles. The number of benzene rings is 9. The first kappa shape index (κ1) is 28.9. The van der Waals surface area contributed by atoms with Crippen molar-refractivity contribution in [1.29, 1.82) is 0 Å². The highest BCUT2D eigenvalue weighted by molar-refractivity contribution is 6.13. The van der Waals surface area contributed by atoms with Gasteiger partial charge in [-0.15, -0.1) is 0 Å². The van der Waals surface area contributed by atoms with E-state index in [1.807, 2.05) is 0 Å². The standard InChI is InChI=1S/C50H32N2/c1-2-13-39(14-3-1)51-48-20-9-7-18-44(48)46-31-36(25-28-49(46)51)37-24-27-45-43-17-6-8-19-47(43)52(50(45)32-37)40-15-10-12-34(30-40)35-23-26-42-38(29-35)22-21-33-11-4-5-16-41(33)42/h1-32H. The molecular formula is C50H32N2. The molecule has 0 spiro atoms. The van der Waals surface area contributed by atoms with Crippen LogP contribution < -0.4 is 0 Å². The van der Waals surface area contributed by atoms with E-state index in [9.17, 15) is 0 Å². The lowest BCUT2D eigenvalue weighted by Crippen LogP contribution is -1.95. The van der Waals surface area contributed by atoms with Gasteiger partial charge in [-0.05, 0) is 104 Å². The summed E-state index contributed by atoms with van der Waals surface area (Å²) in [6.45, 7) is 0. The highest BCUT2D eigenvalue weighted by atomic mass is 15.0. The molecule has 52 heavy (non-hydrogen) atoms. The molecule has 0 saturated carbocycles. The molecule has 2 aromatic heterocycles. The van der Waals surface area contributed by atoms with Crippen molar-refractivity contribution >= 4 is 65.2 Å². The lowest BCUT2D eigenvalue weighted by atomic mass is 9.97. The van der Waals surface area contributed by atoms with Gasteiger partial charge in [0.2, 0.25) is 0 Å². The van der Waals surface area contributed by atoms with E-state index in [1.54, 1.807) is 0 Å². The molecule has 11 aromatic rings. The Morgan fingerprint density at radius 2 is 0.750 bits per heavy atom. The van der Waals surface area contributed by atoms with E-state index in [0.717, 1.165) is 5.69 Å². The number of rotatable bonds is 4. The first-order chi connectivity index (χ1) is 25.8. The molecule has 0 aliphatic carbocycles. The van der Waals surface area contributed by atoms with Crippen LogP contribution in [0.25, 0.3) is 98.8 Å². The Bertz CT molecular complexity index is 3180. The van der Waals surface area contributed by atoms with Crippen molar-refractivity contribution in [1.82, 2.24) is 9.13 Å². The summed E-state index contributed by atoms with van der Waals surface area (Å²) in [5.41, 5.74) is 12.0. The molecule has 11 rings (SSSR count). The van der Waals surface area contributed by atoms with Crippen LogP contribution in [-0.4, -0.2) is 9.13 Å². The zero-order chi connectivity index (χ0) is 34.2. The van der Waals surface area contributed by atoms with Crippen molar-refractivity contribution < 1.29 is 0 Å². The third-order valence-corrected chi connectivity index (χ3v) is 10.9. The minimum Gasteiger partial charge on any atom is -0.309 e. The highest BCUT2D eigenvalue weighted by Gasteiger charge is 2.16. The lowest BCUT2D eigenvalue weighted by molar-refractivity contribution is 1.18. The van der Waals surface area contributed by atoms with Gasteiger partial charge in [0.15, 0.2) is 0 Å². The van der Waals surface area contributed by atoms with Gasteiger partial charge in [-0.3, -0.25) is 0 Å². The minimum absolute atomic E-state index is 1.15. The van der Waals surface area contributed by atoms with E-state index < -0.39 is 0 Å². The van der Waals surface area contributed by atoms with Crippen LogP contribution >= 0.6 is 0 Å². The van der Waals surface area contributed by atoms with E-state index in [2.05, 4.69) is 203 Å². The summed E-state index contributed by atoms with van der Waals surface area (Å²) in [5.74, 6) is 0. The van der Waals surface area contributed by atoms with Gasteiger partial charge in [0, 0.05) is 32.9 Å². The summed E-state index contributed by atoms with van der Waals surface area (Å²) < 4.78 is 4.81. The van der Waals surface area contributed by atoms with E-state index in [1.165, 1.54) is 93.1 Å². The quantitative estimate of drug-likeness (QED) is 0.166. The van der Waals surface area contributed by atoms with Crippen LogP contribution in [0.15, 0.2) is 194 Å². The third-order valence-electron chi connectivity index (χ3n) is 10.9. The summed E-state index contributed by atoms with van der Waals surface area (Å²) in [6, 6.07) is 71.1. The summed E-state index contributed by atoms with van der Waals surface area (Å²) in [5, 5.41) is 10.1. The maximum Gasteiger partial charge on any atom is 0.0547 e. The smallest absolute Gasteiger partial charge is 0.0547 e. The van der Waals surface area contributed by atoms with Crippen molar-refractivity contribution in [2.24, 2.45) is 0 Å². The number of para-hydroxylation sites is 3. The molecule has 0 atom stereocenters. The third kappa shape index (κ3) is 4.38. The molecule has 0 bridgehead atoms. The summed E-state index contributed by atoms with van der Waals surface area (Å²) in [7, 11) is 0. The molecule has 0 aliphatic heterocycles. The fourth-order valence-corrected chi connectivity index (χ4v) is 8.45. The van der Waals surface area contributed by atoms with Crippen LogP contribution in [0.2, 0.25) is 0 Å². The van der Waals surface area contributed by atoms with Crippen molar-refractivity contribution in [2.45, 2.75) is 0 Å². The van der Waals surface area contributed by atoms with Crippen molar-refractivity contribution in [3.05, 3.63) is 194 Å². The van der Waals surface area contributed by atoms with Crippen LogP contribution in [0.5, 0.6) is 0 Å². The molecule has 2 heterocycles. The van der Waals surface area contributed by atoms with E-state index in [4.69, 9.17) is 0 Å². The summed E-state index contributed by atoms with van der Waals surface area (Å²) in [6.07, 6.45) is 0. The van der Waals surface area contributed by atoms with Gasteiger partial charge in [0.1, 0.15) is 0 Å². The fourth-order valence-electron chi connectivity index (χ4n) is 8.45. The average molecular weight is 661 g/mol. The molecule has 242 valence electrons. The van der Waals surface area contributed by atoms with Gasteiger partial charge in [-0.1, -0.05) is 133 Å². The van der Waals surface area contributed by atoms with Crippen molar-refractivity contribution in [3.8, 4) is 33.6 Å². The number of hydrogen-bond acceptors (Lipinski definition) is 0. The van der Waals surface area contributed by atoms with Crippen molar-refractivity contribution in [2.75, 3.05) is 0 Å². The van der Waals surface area contributed by atoms with Gasteiger partial charge in [-0.25, -0.2) is 0 Å². The summed E-state index contributed by atoms with van der Waals surface area (Å²) in [4.78, 5) is 0. The van der Waals surface area contributed by atoms with E-state index >= 15 is 0 Å². The molecule has 0 fully saturated rings. The molecule has 0 amide bonds. The molecular weight excluding hydrogens is 629 g/mol. The second kappa shape index (κ2) is 11.3. The molecule has 0 aliphatic rings.